The molecule has 2 aromatic heterocycles. The number of nitrogens with one attached hydrogen (secondary N) is 3. The van der Waals surface area contributed by atoms with Gasteiger partial charge >= 0.3 is 0 Å². The van der Waals surface area contributed by atoms with Crippen LogP contribution in [0.4, 0.5) is 0 Å². The molecule has 4 rings (SSSR count). The lowest BCUT2D eigenvalue weighted by Gasteiger charge is -2.18. The molecular formula is C18H15N5O2. The van der Waals surface area contributed by atoms with E-state index in [1.54, 1.807) is 18.5 Å². The zero-order valence-electron chi connectivity index (χ0n) is 13.2. The van der Waals surface area contributed by atoms with Crippen LogP contribution in [0.15, 0.2) is 54.9 Å². The summed E-state index contributed by atoms with van der Waals surface area (Å²) in [5.74, 6) is -0.447. The van der Waals surface area contributed by atoms with E-state index in [2.05, 4.69) is 25.8 Å². The van der Waals surface area contributed by atoms with Gasteiger partial charge in [0, 0.05) is 36.0 Å². The zero-order chi connectivity index (χ0) is 17.2. The van der Waals surface area contributed by atoms with E-state index in [9.17, 15) is 9.59 Å². The Hall–Kier alpha value is -3.48. The van der Waals surface area contributed by atoms with E-state index >= 15 is 0 Å². The summed E-state index contributed by atoms with van der Waals surface area (Å²) in [6.07, 6.45) is 6.58. The molecule has 7 nitrogen and oxygen atoms in total. The minimum absolute atomic E-state index is 0.156. The molecule has 0 radical (unpaired) electrons. The minimum Gasteiger partial charge on any atom is -0.350 e. The van der Waals surface area contributed by atoms with E-state index < -0.39 is 0 Å². The molecule has 1 aliphatic rings. The van der Waals surface area contributed by atoms with Crippen LogP contribution >= 0.6 is 0 Å². The molecule has 0 spiro atoms. The van der Waals surface area contributed by atoms with Gasteiger partial charge in [0.25, 0.3) is 5.91 Å². The van der Waals surface area contributed by atoms with Gasteiger partial charge in [-0.3, -0.25) is 19.7 Å². The number of fused-ring (bicyclic) bond motifs is 1. The second-order valence-corrected chi connectivity index (χ2v) is 5.76. The van der Waals surface area contributed by atoms with E-state index in [-0.39, 0.29) is 17.9 Å². The van der Waals surface area contributed by atoms with Gasteiger partial charge < -0.3 is 10.6 Å². The van der Waals surface area contributed by atoms with Crippen LogP contribution < -0.4 is 10.6 Å². The van der Waals surface area contributed by atoms with Crippen LogP contribution in [0.25, 0.3) is 22.0 Å². The maximum absolute atomic E-state index is 12.6. The second kappa shape index (κ2) is 6.20. The molecule has 1 aromatic carbocycles. The first-order valence-corrected chi connectivity index (χ1v) is 7.86. The number of nitrogens with zero attached hydrogens (tertiary/aromatic N) is 2. The maximum atomic E-state index is 12.6. The predicted octanol–water partition coefficient (Wildman–Crippen LogP) is 1.41. The van der Waals surface area contributed by atoms with Gasteiger partial charge in [-0.05, 0) is 23.8 Å². The van der Waals surface area contributed by atoms with Crippen LogP contribution in [0.3, 0.4) is 0 Å². The third-order valence-corrected chi connectivity index (χ3v) is 4.07. The first-order valence-electron chi connectivity index (χ1n) is 7.86. The number of carbonyl (C=O) groups excluding carboxylic acids is 2. The first kappa shape index (κ1) is 15.1. The normalized spacial score (nSPS) is 16.6. The zero-order valence-corrected chi connectivity index (χ0v) is 13.2. The number of rotatable bonds is 3. The number of amides is 2. The predicted molar refractivity (Wildman–Crippen MR) is 92.7 cm³/mol. The Morgan fingerprint density at radius 3 is 2.92 bits per heavy atom. The topological polar surface area (TPSA) is 99.8 Å². The van der Waals surface area contributed by atoms with Gasteiger partial charge in [0.15, 0.2) is 5.69 Å². The Kier molecular flexibility index (Phi) is 3.74. The van der Waals surface area contributed by atoms with Gasteiger partial charge in [0.05, 0.1) is 11.6 Å². The van der Waals surface area contributed by atoms with Crippen molar-refractivity contribution in [3.63, 3.8) is 0 Å². The second-order valence-electron chi connectivity index (χ2n) is 5.76. The Labute approximate surface area is 143 Å². The number of aromatic amines is 1. The average molecular weight is 333 g/mol. The number of benzene rings is 1. The molecule has 3 N–H and O–H groups in total. The molecule has 2 amide bonds. The molecule has 124 valence electrons. The Bertz CT molecular complexity index is 978. The van der Waals surface area contributed by atoms with Crippen molar-refractivity contribution in [2.45, 2.75) is 6.04 Å². The number of aromatic nitrogens is 3. The fraction of sp³-hybridized carbons (Fsp3) is 0.111. The van der Waals surface area contributed by atoms with Crippen molar-refractivity contribution < 1.29 is 9.59 Å². The molecule has 0 bridgehead atoms. The van der Waals surface area contributed by atoms with E-state index in [0.29, 0.717) is 12.2 Å². The first-order chi connectivity index (χ1) is 12.2. The molecular weight excluding hydrogens is 318 g/mol. The van der Waals surface area contributed by atoms with Gasteiger partial charge in [-0.25, -0.2) is 0 Å². The fourth-order valence-corrected chi connectivity index (χ4v) is 2.78. The molecule has 1 atom stereocenters. The van der Waals surface area contributed by atoms with Crippen LogP contribution in [0.2, 0.25) is 0 Å². The SMILES string of the molecule is O=C1C=CC(NC(=O)c2n[nH]c3ccc(-c4cccnc4)cc23)CN1. The van der Waals surface area contributed by atoms with E-state index in [0.717, 1.165) is 22.0 Å². The number of carbonyl (C=O) groups is 2. The van der Waals surface area contributed by atoms with Crippen LogP contribution in [-0.2, 0) is 4.79 Å². The van der Waals surface area contributed by atoms with Crippen LogP contribution in [0.5, 0.6) is 0 Å². The highest BCUT2D eigenvalue weighted by Gasteiger charge is 2.19. The summed E-state index contributed by atoms with van der Waals surface area (Å²) in [4.78, 5) is 27.8. The smallest absolute Gasteiger partial charge is 0.272 e. The van der Waals surface area contributed by atoms with Crippen molar-refractivity contribution in [2.75, 3.05) is 6.54 Å². The van der Waals surface area contributed by atoms with Crippen molar-refractivity contribution in [3.05, 3.63) is 60.6 Å². The third kappa shape index (κ3) is 2.99. The van der Waals surface area contributed by atoms with Gasteiger partial charge in [0.2, 0.25) is 5.91 Å². The van der Waals surface area contributed by atoms with E-state index in [1.807, 2.05) is 30.3 Å². The Morgan fingerprint density at radius 2 is 2.16 bits per heavy atom. The monoisotopic (exact) mass is 333 g/mol. The Morgan fingerprint density at radius 1 is 1.24 bits per heavy atom. The van der Waals surface area contributed by atoms with Gasteiger partial charge in [0.1, 0.15) is 0 Å². The lowest BCUT2D eigenvalue weighted by Crippen LogP contribution is -2.45. The summed E-state index contributed by atoms with van der Waals surface area (Å²) in [5, 5.41) is 13.3. The van der Waals surface area contributed by atoms with Crippen molar-refractivity contribution in [3.8, 4) is 11.1 Å². The van der Waals surface area contributed by atoms with Crippen LogP contribution in [0, 0.1) is 0 Å². The standard InChI is InChI=1S/C18H15N5O2/c24-16-6-4-13(10-20-16)21-18(25)17-14-8-11(3-5-15(14)22-23-17)12-2-1-7-19-9-12/h1-9,13H,10H2,(H,20,24)(H,21,25)(H,22,23). The summed E-state index contributed by atoms with van der Waals surface area (Å²) in [5.41, 5.74) is 3.03. The number of pyridine rings is 1. The minimum atomic E-state index is -0.291. The molecule has 1 unspecified atom stereocenters. The van der Waals surface area contributed by atoms with Gasteiger partial charge in [-0.1, -0.05) is 18.2 Å². The lowest BCUT2D eigenvalue weighted by molar-refractivity contribution is -0.116. The van der Waals surface area contributed by atoms with E-state index in [4.69, 9.17) is 0 Å². The van der Waals surface area contributed by atoms with Crippen molar-refractivity contribution >= 4 is 22.7 Å². The molecule has 0 saturated heterocycles. The highest BCUT2D eigenvalue weighted by atomic mass is 16.2. The molecule has 0 aliphatic carbocycles. The number of H-pyrrole nitrogens is 1. The van der Waals surface area contributed by atoms with Crippen molar-refractivity contribution in [2.24, 2.45) is 0 Å². The number of hydrogen-bond donors (Lipinski definition) is 3. The van der Waals surface area contributed by atoms with Crippen molar-refractivity contribution in [1.82, 2.24) is 25.8 Å². The summed E-state index contributed by atoms with van der Waals surface area (Å²) >= 11 is 0. The lowest BCUT2D eigenvalue weighted by atomic mass is 10.0. The molecule has 1 aliphatic heterocycles. The largest absolute Gasteiger partial charge is 0.350 e. The summed E-state index contributed by atoms with van der Waals surface area (Å²) in [7, 11) is 0. The molecule has 25 heavy (non-hydrogen) atoms. The third-order valence-electron chi connectivity index (χ3n) is 4.07. The molecule has 0 saturated carbocycles. The molecule has 0 fully saturated rings. The van der Waals surface area contributed by atoms with Gasteiger partial charge in [-0.2, -0.15) is 5.10 Å². The summed E-state index contributed by atoms with van der Waals surface area (Å²) in [6, 6.07) is 9.35. The highest BCUT2D eigenvalue weighted by molar-refractivity contribution is 6.06. The Balaban J connectivity index is 1.64. The quantitative estimate of drug-likeness (QED) is 0.675. The van der Waals surface area contributed by atoms with Crippen LogP contribution in [0.1, 0.15) is 10.5 Å². The molecule has 3 aromatic rings. The fourth-order valence-electron chi connectivity index (χ4n) is 2.78. The molecule has 7 heteroatoms. The number of hydrogen-bond acceptors (Lipinski definition) is 4. The maximum Gasteiger partial charge on any atom is 0.272 e. The average Bonchev–Trinajstić information content (AvgIpc) is 3.07. The van der Waals surface area contributed by atoms with Gasteiger partial charge in [-0.15, -0.1) is 0 Å². The molecule has 3 heterocycles. The summed E-state index contributed by atoms with van der Waals surface area (Å²) in [6.45, 7) is 0.365. The summed E-state index contributed by atoms with van der Waals surface area (Å²) < 4.78 is 0. The van der Waals surface area contributed by atoms with E-state index in [1.165, 1.54) is 6.08 Å². The highest BCUT2D eigenvalue weighted by Crippen LogP contribution is 2.24. The van der Waals surface area contributed by atoms with Crippen molar-refractivity contribution in [1.29, 1.82) is 0 Å². The van der Waals surface area contributed by atoms with Crippen LogP contribution in [-0.4, -0.2) is 39.6 Å².